The molecule has 0 aliphatic carbocycles. The number of nitrogens with one attached hydrogen (secondary N) is 2. The maximum absolute atomic E-state index is 12.4. The highest BCUT2D eigenvalue weighted by atomic mass is 19.1. The van der Waals surface area contributed by atoms with Gasteiger partial charge in [-0.15, -0.1) is 0 Å². The van der Waals surface area contributed by atoms with Crippen molar-refractivity contribution in [1.82, 2.24) is 0 Å². The van der Waals surface area contributed by atoms with Gasteiger partial charge < -0.3 is 10.4 Å². The van der Waals surface area contributed by atoms with Crippen molar-refractivity contribution in [3.05, 3.63) is 101 Å². The predicted octanol–water partition coefficient (Wildman–Crippen LogP) is 7.17. The van der Waals surface area contributed by atoms with Crippen LogP contribution in [-0.2, 0) is 5.41 Å². The molecule has 4 nitrogen and oxygen atoms in total. The third kappa shape index (κ3) is 6.95. The average molecular weight is 493 g/mol. The van der Waals surface area contributed by atoms with Crippen molar-refractivity contribution in [1.29, 1.82) is 5.41 Å². The van der Waals surface area contributed by atoms with Crippen molar-refractivity contribution in [2.75, 3.05) is 12.4 Å². The second-order valence-electron chi connectivity index (χ2n) is 10.0. The zero-order valence-corrected chi connectivity index (χ0v) is 21.7. The Balaban J connectivity index is 0.000000380. The van der Waals surface area contributed by atoms with E-state index in [9.17, 15) is 18.7 Å². The van der Waals surface area contributed by atoms with Crippen LogP contribution in [-0.4, -0.2) is 29.8 Å². The molecule has 0 radical (unpaired) electrons. The molecule has 3 aromatic carbocycles. The predicted molar refractivity (Wildman–Crippen MR) is 144 cm³/mol. The fourth-order valence-corrected chi connectivity index (χ4v) is 3.51. The molecule has 0 spiro atoms. The van der Waals surface area contributed by atoms with E-state index >= 15 is 0 Å². The van der Waals surface area contributed by atoms with E-state index in [0.717, 1.165) is 34.5 Å². The summed E-state index contributed by atoms with van der Waals surface area (Å²) in [5, 5.41) is 21.8. The normalized spacial score (nSPS) is 11.2. The zero-order chi connectivity index (χ0) is 27.3. The fraction of sp³-hybridized carbons (Fsp3) is 0.267. The van der Waals surface area contributed by atoms with E-state index in [4.69, 9.17) is 5.41 Å². The Labute approximate surface area is 212 Å². The second kappa shape index (κ2) is 11.4. The minimum atomic E-state index is -1.12. The summed E-state index contributed by atoms with van der Waals surface area (Å²) in [7, 11) is 1.90. The molecule has 0 heterocycles. The van der Waals surface area contributed by atoms with Gasteiger partial charge in [0.15, 0.2) is 6.29 Å². The molecule has 36 heavy (non-hydrogen) atoms. The number of anilines is 1. The third-order valence-electron chi connectivity index (χ3n) is 5.76. The van der Waals surface area contributed by atoms with Crippen LogP contribution in [0.2, 0.25) is 0 Å². The molecule has 3 aromatic rings. The third-order valence-corrected chi connectivity index (χ3v) is 5.76. The Morgan fingerprint density at radius 3 is 1.94 bits per heavy atom. The first-order chi connectivity index (χ1) is 16.7. The number of benzene rings is 3. The zero-order valence-electron chi connectivity index (χ0n) is 21.7. The molecule has 0 aliphatic rings. The summed E-state index contributed by atoms with van der Waals surface area (Å²) >= 11 is 0. The van der Waals surface area contributed by atoms with Gasteiger partial charge in [-0.1, -0.05) is 57.7 Å². The Kier molecular flexibility index (Phi) is 9.05. The largest absolute Gasteiger partial charge is 0.388 e. The van der Waals surface area contributed by atoms with Gasteiger partial charge in [0.05, 0.1) is 16.9 Å². The molecule has 0 aromatic heterocycles. The van der Waals surface area contributed by atoms with Crippen molar-refractivity contribution in [3.63, 3.8) is 0 Å². The van der Waals surface area contributed by atoms with Crippen molar-refractivity contribution in [2.45, 2.75) is 45.6 Å². The standard InChI is InChI=1S/C23H30N2O.C7H4F2O/c1-15(23(5,6)26)21(24)17-10-13-20(22(2,3)4)19(14-17)16-8-11-18(25-7)12-9-16;8-6-2-1-3-7(9)5(6)4-10/h8-14,24-26H,1H2,2-7H3;1-4H. The lowest BCUT2D eigenvalue weighted by molar-refractivity contribution is 0.111. The molecule has 0 amide bonds. The van der Waals surface area contributed by atoms with Crippen LogP contribution in [0, 0.1) is 17.0 Å². The van der Waals surface area contributed by atoms with E-state index in [1.165, 1.54) is 11.6 Å². The second-order valence-corrected chi connectivity index (χ2v) is 10.0. The quantitative estimate of drug-likeness (QED) is 0.252. The van der Waals surface area contributed by atoms with Gasteiger partial charge >= 0.3 is 0 Å². The lowest BCUT2D eigenvalue weighted by Crippen LogP contribution is -2.27. The molecule has 0 unspecified atom stereocenters. The highest BCUT2D eigenvalue weighted by Gasteiger charge is 2.24. The molecule has 0 atom stereocenters. The highest BCUT2D eigenvalue weighted by molar-refractivity contribution is 6.12. The van der Waals surface area contributed by atoms with Crippen LogP contribution in [0.25, 0.3) is 11.1 Å². The topological polar surface area (TPSA) is 73.2 Å². The lowest BCUT2D eigenvalue weighted by Gasteiger charge is -2.26. The van der Waals surface area contributed by atoms with Crippen LogP contribution >= 0.6 is 0 Å². The molecule has 0 fully saturated rings. The van der Waals surface area contributed by atoms with E-state index in [2.05, 4.69) is 63.0 Å². The van der Waals surface area contributed by atoms with E-state index in [0.29, 0.717) is 5.57 Å². The van der Waals surface area contributed by atoms with Gasteiger partial charge in [0.1, 0.15) is 11.6 Å². The SMILES string of the molecule is C=C(C(=N)c1ccc(C(C)(C)C)c(-c2ccc(NC)cc2)c1)C(C)(C)O.O=Cc1c(F)cccc1F. The van der Waals surface area contributed by atoms with Gasteiger partial charge in [-0.3, -0.25) is 10.2 Å². The van der Waals surface area contributed by atoms with Crippen molar-refractivity contribution in [2.24, 2.45) is 0 Å². The Bertz CT molecular complexity index is 1230. The van der Waals surface area contributed by atoms with Crippen LogP contribution in [0.5, 0.6) is 0 Å². The number of rotatable bonds is 6. The monoisotopic (exact) mass is 492 g/mol. The Morgan fingerprint density at radius 1 is 0.972 bits per heavy atom. The minimum absolute atomic E-state index is 0.0228. The molecule has 0 aliphatic heterocycles. The molecule has 0 saturated carbocycles. The molecule has 6 heteroatoms. The van der Waals surface area contributed by atoms with E-state index in [1.807, 2.05) is 19.2 Å². The fourth-order valence-electron chi connectivity index (χ4n) is 3.51. The number of halogens is 2. The Hall–Kier alpha value is -3.64. The lowest BCUT2D eigenvalue weighted by atomic mass is 9.80. The molecule has 190 valence electrons. The van der Waals surface area contributed by atoms with Gasteiger partial charge in [0.2, 0.25) is 0 Å². The maximum atomic E-state index is 12.4. The van der Waals surface area contributed by atoms with Crippen LogP contribution < -0.4 is 5.32 Å². The summed E-state index contributed by atoms with van der Waals surface area (Å²) in [6.07, 6.45) is 0.157. The first kappa shape index (κ1) is 28.6. The molecule has 3 N–H and O–H groups in total. The number of carbonyl (C=O) groups is 1. The van der Waals surface area contributed by atoms with Gasteiger partial charge in [-0.25, -0.2) is 8.78 Å². The van der Waals surface area contributed by atoms with Crippen molar-refractivity contribution in [3.8, 4) is 11.1 Å². The minimum Gasteiger partial charge on any atom is -0.388 e. The van der Waals surface area contributed by atoms with Crippen LogP contribution in [0.3, 0.4) is 0 Å². The van der Waals surface area contributed by atoms with E-state index in [1.54, 1.807) is 13.8 Å². The van der Waals surface area contributed by atoms with Crippen LogP contribution in [0.15, 0.2) is 72.8 Å². The number of hydrogen-bond acceptors (Lipinski definition) is 4. The van der Waals surface area contributed by atoms with E-state index < -0.39 is 22.8 Å². The van der Waals surface area contributed by atoms with Crippen LogP contribution in [0.1, 0.15) is 56.1 Å². The highest BCUT2D eigenvalue weighted by Crippen LogP contribution is 2.35. The summed E-state index contributed by atoms with van der Waals surface area (Å²) in [5.74, 6) is -1.65. The summed E-state index contributed by atoms with van der Waals surface area (Å²) in [5.41, 5.74) is 4.29. The van der Waals surface area contributed by atoms with Gasteiger partial charge in [-0.2, -0.15) is 0 Å². The van der Waals surface area contributed by atoms with Gasteiger partial charge in [-0.05, 0) is 66.3 Å². The number of aldehydes is 1. The summed E-state index contributed by atoms with van der Waals surface area (Å²) in [6.45, 7) is 13.8. The van der Waals surface area contributed by atoms with Crippen LogP contribution in [0.4, 0.5) is 14.5 Å². The van der Waals surface area contributed by atoms with Gasteiger partial charge in [0.25, 0.3) is 0 Å². The molecular formula is C30H34F2N2O2. The smallest absolute Gasteiger partial charge is 0.155 e. The summed E-state index contributed by atoms with van der Waals surface area (Å²) < 4.78 is 24.8. The summed E-state index contributed by atoms with van der Waals surface area (Å²) in [6, 6.07) is 17.6. The average Bonchev–Trinajstić information content (AvgIpc) is 2.82. The Morgan fingerprint density at radius 2 is 1.53 bits per heavy atom. The molecule has 0 bridgehead atoms. The summed E-state index contributed by atoms with van der Waals surface area (Å²) in [4.78, 5) is 9.97. The van der Waals surface area contributed by atoms with Crippen molar-refractivity contribution >= 4 is 17.7 Å². The maximum Gasteiger partial charge on any atom is 0.155 e. The first-order valence-corrected chi connectivity index (χ1v) is 11.5. The molecule has 0 saturated heterocycles. The number of aliphatic hydroxyl groups is 1. The van der Waals surface area contributed by atoms with Crippen molar-refractivity contribution < 1.29 is 18.7 Å². The number of carbonyl (C=O) groups excluding carboxylic acids is 1. The molecular weight excluding hydrogens is 458 g/mol. The molecule has 3 rings (SSSR count). The van der Waals surface area contributed by atoms with Gasteiger partial charge in [0, 0.05) is 23.9 Å². The van der Waals surface area contributed by atoms with E-state index in [-0.39, 0.29) is 17.4 Å². The first-order valence-electron chi connectivity index (χ1n) is 11.5. The number of hydrogen-bond donors (Lipinski definition) is 3.